The van der Waals surface area contributed by atoms with E-state index >= 15 is 0 Å². The third kappa shape index (κ3) is 4.56. The van der Waals surface area contributed by atoms with Crippen LogP contribution in [0.2, 0.25) is 0 Å². The van der Waals surface area contributed by atoms with E-state index in [9.17, 15) is 0 Å². The van der Waals surface area contributed by atoms with Gasteiger partial charge in [-0.2, -0.15) is 0 Å². The van der Waals surface area contributed by atoms with Crippen molar-refractivity contribution in [3.63, 3.8) is 0 Å². The maximum Gasteiger partial charge on any atom is 0.125 e. The van der Waals surface area contributed by atoms with Crippen LogP contribution in [0.25, 0.3) is 37.9 Å². The number of rotatable bonds is 4. The molecule has 6 aromatic carbocycles. The average molecular weight is 682 g/mol. The van der Waals surface area contributed by atoms with Crippen molar-refractivity contribution in [3.8, 4) is 0 Å². The van der Waals surface area contributed by atoms with Crippen LogP contribution in [-0.2, 0) is 5.41 Å². The Morgan fingerprint density at radius 3 is 2.09 bits per heavy atom. The van der Waals surface area contributed by atoms with Gasteiger partial charge >= 0.3 is 0 Å². The summed E-state index contributed by atoms with van der Waals surface area (Å²) in [4.78, 5) is 15.4. The van der Waals surface area contributed by atoms with Gasteiger partial charge in [0.2, 0.25) is 0 Å². The summed E-state index contributed by atoms with van der Waals surface area (Å²) in [7, 11) is 0. The first-order valence-corrected chi connectivity index (χ1v) is 19.0. The fraction of sp³-hybridized carbons (Fsp3) is 0.180. The lowest BCUT2D eigenvalue weighted by Gasteiger charge is -2.32. The molecule has 3 aliphatic carbocycles. The van der Waals surface area contributed by atoms with Crippen molar-refractivity contribution >= 4 is 49.4 Å². The molecule has 0 amide bonds. The molecule has 4 aliphatic rings. The van der Waals surface area contributed by atoms with Crippen molar-refractivity contribution in [1.82, 2.24) is 4.98 Å². The number of aromatic nitrogens is 1. The van der Waals surface area contributed by atoms with Crippen LogP contribution in [0, 0.1) is 5.92 Å². The minimum absolute atomic E-state index is 0.0411. The first-order valence-electron chi connectivity index (χ1n) is 19.0. The predicted molar refractivity (Wildman–Crippen MR) is 220 cm³/mol. The second-order valence-corrected chi connectivity index (χ2v) is 15.8. The molecule has 0 saturated heterocycles. The van der Waals surface area contributed by atoms with Crippen LogP contribution in [0.15, 0.2) is 167 Å². The van der Waals surface area contributed by atoms with Gasteiger partial charge in [0.25, 0.3) is 0 Å². The number of hydrogen-bond donors (Lipinski definition) is 0. The largest absolute Gasteiger partial charge is 0.264 e. The van der Waals surface area contributed by atoms with Gasteiger partial charge in [-0.1, -0.05) is 147 Å². The third-order valence-electron chi connectivity index (χ3n) is 12.7. The van der Waals surface area contributed by atoms with Gasteiger partial charge < -0.3 is 0 Å². The standard InChI is InChI=1S/C50H39N3/c1-50(2)43-22-21-37-34-19-10-9-17-32(34)33-18-11-12-20-36(33)48(37)49(43)41-25-38-39(26-44(41)50)40(35-23-24-51-29-42(35)38)27-47-52-45(30-13-5-3-6-14-30)28-46(53-47)31-15-7-4-8-16-31/h3-26,29,40-41,44-45H,27-28H2,1-2H3. The van der Waals surface area contributed by atoms with E-state index in [1.54, 1.807) is 0 Å². The normalized spacial score (nSPS) is 22.4. The SMILES string of the molecule is CC1(C)c2ccc3c4ccccc4c4ccccc4c3c2C2C=C3C(=CC21)C(CC1=NC(c2ccccc2)CC(c2ccccc2)=N1)c1ccncc13. The molecule has 0 radical (unpaired) electrons. The van der Waals surface area contributed by atoms with Crippen molar-refractivity contribution in [3.05, 3.63) is 191 Å². The summed E-state index contributed by atoms with van der Waals surface area (Å²) in [6.45, 7) is 4.93. The molecule has 0 fully saturated rings. The summed E-state index contributed by atoms with van der Waals surface area (Å²) in [6.07, 6.45) is 10.9. The quantitative estimate of drug-likeness (QED) is 0.170. The van der Waals surface area contributed by atoms with Gasteiger partial charge in [-0.05, 0) is 88.7 Å². The molecule has 4 unspecified atom stereocenters. The smallest absolute Gasteiger partial charge is 0.125 e. The Labute approximate surface area is 310 Å². The molecule has 4 atom stereocenters. The van der Waals surface area contributed by atoms with Crippen LogP contribution in [0.3, 0.4) is 0 Å². The van der Waals surface area contributed by atoms with Gasteiger partial charge in [-0.25, -0.2) is 4.99 Å². The molecular weight excluding hydrogens is 643 g/mol. The highest BCUT2D eigenvalue weighted by Gasteiger charge is 2.49. The molecular formula is C50H39N3. The zero-order valence-electron chi connectivity index (χ0n) is 30.0. The van der Waals surface area contributed by atoms with Crippen LogP contribution >= 0.6 is 0 Å². The fourth-order valence-electron chi connectivity index (χ4n) is 10.3. The lowest BCUT2D eigenvalue weighted by Crippen LogP contribution is -2.26. The lowest BCUT2D eigenvalue weighted by atomic mass is 9.71. The molecule has 3 nitrogen and oxygen atoms in total. The maximum atomic E-state index is 5.38. The molecule has 254 valence electrons. The second kappa shape index (κ2) is 11.5. The number of hydrogen-bond acceptors (Lipinski definition) is 3. The molecule has 0 bridgehead atoms. The van der Waals surface area contributed by atoms with E-state index in [2.05, 4.69) is 165 Å². The highest BCUT2D eigenvalue weighted by molar-refractivity contribution is 6.26. The highest BCUT2D eigenvalue weighted by atomic mass is 15.0. The van der Waals surface area contributed by atoms with Gasteiger partial charge in [0.05, 0.1) is 11.8 Å². The molecule has 11 rings (SSSR count). The van der Waals surface area contributed by atoms with E-state index in [0.717, 1.165) is 24.4 Å². The van der Waals surface area contributed by atoms with Crippen LogP contribution in [0.1, 0.15) is 77.9 Å². The van der Waals surface area contributed by atoms with E-state index in [-0.39, 0.29) is 23.3 Å². The Bertz CT molecular complexity index is 2730. The Morgan fingerprint density at radius 1 is 0.679 bits per heavy atom. The molecule has 3 heteroatoms. The minimum atomic E-state index is -0.0487. The molecule has 2 heterocycles. The minimum Gasteiger partial charge on any atom is -0.264 e. The Hall–Kier alpha value is -5.93. The molecule has 0 spiro atoms. The van der Waals surface area contributed by atoms with Crippen molar-refractivity contribution in [1.29, 1.82) is 0 Å². The summed E-state index contributed by atoms with van der Waals surface area (Å²) in [6, 6.07) is 46.5. The zero-order valence-corrected chi connectivity index (χ0v) is 30.0. The van der Waals surface area contributed by atoms with E-state index in [0.29, 0.717) is 5.92 Å². The zero-order chi connectivity index (χ0) is 35.3. The van der Waals surface area contributed by atoms with Crippen LogP contribution in [0.5, 0.6) is 0 Å². The molecule has 1 aliphatic heterocycles. The number of allylic oxidation sites excluding steroid dienone is 4. The summed E-state index contributed by atoms with van der Waals surface area (Å²) in [5.74, 6) is 1.68. The van der Waals surface area contributed by atoms with Crippen molar-refractivity contribution in [2.75, 3.05) is 0 Å². The first-order chi connectivity index (χ1) is 26.0. The van der Waals surface area contributed by atoms with Gasteiger partial charge in [0, 0.05) is 42.6 Å². The number of fused-ring (bicyclic) bond motifs is 13. The monoisotopic (exact) mass is 681 g/mol. The summed E-state index contributed by atoms with van der Waals surface area (Å²) in [5, 5.41) is 8.10. The topological polar surface area (TPSA) is 37.6 Å². The Balaban J connectivity index is 1.07. The number of amidine groups is 1. The number of benzene rings is 6. The predicted octanol–water partition coefficient (Wildman–Crippen LogP) is 12.1. The van der Waals surface area contributed by atoms with Crippen molar-refractivity contribution in [2.45, 2.75) is 50.0 Å². The van der Waals surface area contributed by atoms with Crippen molar-refractivity contribution < 1.29 is 0 Å². The first kappa shape index (κ1) is 30.7. The average Bonchev–Trinajstić information content (AvgIpc) is 3.64. The summed E-state index contributed by atoms with van der Waals surface area (Å²) >= 11 is 0. The molecule has 0 saturated carbocycles. The maximum absolute atomic E-state index is 5.38. The van der Waals surface area contributed by atoms with Gasteiger partial charge in [0.1, 0.15) is 5.84 Å². The van der Waals surface area contributed by atoms with E-state index in [1.807, 2.05) is 6.20 Å². The van der Waals surface area contributed by atoms with Crippen LogP contribution < -0.4 is 0 Å². The number of nitrogens with zero attached hydrogens (tertiary/aromatic N) is 3. The third-order valence-corrected chi connectivity index (χ3v) is 12.7. The van der Waals surface area contributed by atoms with E-state index < -0.39 is 0 Å². The summed E-state index contributed by atoms with van der Waals surface area (Å²) < 4.78 is 0. The second-order valence-electron chi connectivity index (χ2n) is 15.8. The molecule has 0 N–H and O–H groups in total. The van der Waals surface area contributed by atoms with Crippen LogP contribution in [-0.4, -0.2) is 16.5 Å². The van der Waals surface area contributed by atoms with Crippen molar-refractivity contribution in [2.24, 2.45) is 15.9 Å². The highest BCUT2D eigenvalue weighted by Crippen LogP contribution is 2.61. The summed E-state index contributed by atoms with van der Waals surface area (Å²) in [5.41, 5.74) is 11.8. The van der Waals surface area contributed by atoms with Crippen LogP contribution in [0.4, 0.5) is 0 Å². The fourth-order valence-corrected chi connectivity index (χ4v) is 10.3. The van der Waals surface area contributed by atoms with E-state index in [1.165, 1.54) is 76.8 Å². The van der Waals surface area contributed by atoms with Gasteiger partial charge in [-0.15, -0.1) is 0 Å². The molecule has 1 aromatic heterocycles. The van der Waals surface area contributed by atoms with E-state index in [4.69, 9.17) is 9.98 Å². The van der Waals surface area contributed by atoms with Gasteiger partial charge in [0.15, 0.2) is 0 Å². The molecule has 7 aromatic rings. The Kier molecular flexibility index (Phi) is 6.68. The molecule has 53 heavy (non-hydrogen) atoms. The lowest BCUT2D eigenvalue weighted by molar-refractivity contribution is 0.392. The van der Waals surface area contributed by atoms with Gasteiger partial charge in [-0.3, -0.25) is 9.98 Å². The Morgan fingerprint density at radius 2 is 1.34 bits per heavy atom. The number of pyridine rings is 1. The number of aliphatic imine (C=N–C) groups is 2.